The van der Waals surface area contributed by atoms with Crippen LogP contribution in [-0.2, 0) is 22.7 Å². The smallest absolute Gasteiger partial charge is 0.308 e. The van der Waals surface area contributed by atoms with Gasteiger partial charge in [-0.25, -0.2) is 9.38 Å². The molecule has 0 aromatic heterocycles. The molecule has 1 aromatic rings. The summed E-state index contributed by atoms with van der Waals surface area (Å²) in [6, 6.07) is 4.65. The molecule has 7 heteroatoms. The molecule has 0 radical (unpaired) electrons. The highest BCUT2D eigenvalue weighted by Crippen LogP contribution is 2.19. The highest BCUT2D eigenvalue weighted by Gasteiger charge is 2.26. The van der Waals surface area contributed by atoms with Gasteiger partial charge in [-0.05, 0) is 37.5 Å². The van der Waals surface area contributed by atoms with Gasteiger partial charge in [0.05, 0.1) is 26.2 Å². The zero-order valence-corrected chi connectivity index (χ0v) is 14.8. The van der Waals surface area contributed by atoms with Crippen molar-refractivity contribution in [2.75, 3.05) is 26.7 Å². The fourth-order valence-corrected chi connectivity index (χ4v) is 2.93. The highest BCUT2D eigenvalue weighted by atomic mass is 19.1. The number of likely N-dealkylation sites (tertiary alicyclic amines) is 1. The van der Waals surface area contributed by atoms with E-state index >= 15 is 0 Å². The number of nitrogens with one attached hydrogen (secondary N) is 1. The maximum Gasteiger partial charge on any atom is 0.308 e. The average molecular weight is 351 g/mol. The number of carbonyl (C=O) groups excluding carboxylic acids is 1. The summed E-state index contributed by atoms with van der Waals surface area (Å²) in [5, 5.41) is 12.4. The second-order valence-electron chi connectivity index (χ2n) is 6.04. The minimum atomic E-state index is -0.410. The predicted molar refractivity (Wildman–Crippen MR) is 93.5 cm³/mol. The monoisotopic (exact) mass is 351 g/mol. The number of halogens is 1. The maximum atomic E-state index is 13.5. The van der Waals surface area contributed by atoms with Gasteiger partial charge >= 0.3 is 5.97 Å². The van der Waals surface area contributed by atoms with E-state index < -0.39 is 5.82 Å². The molecule has 0 bridgehead atoms. The Morgan fingerprint density at radius 2 is 2.16 bits per heavy atom. The summed E-state index contributed by atoms with van der Waals surface area (Å²) >= 11 is 0. The summed E-state index contributed by atoms with van der Waals surface area (Å²) < 4.78 is 18.3. The lowest BCUT2D eigenvalue weighted by Crippen LogP contribution is -2.46. The van der Waals surface area contributed by atoms with Crippen molar-refractivity contribution in [3.63, 3.8) is 0 Å². The van der Waals surface area contributed by atoms with Gasteiger partial charge < -0.3 is 20.1 Å². The standard InChI is InChI=1S/C18H26FN3O3/c1-3-20-18(22-8-6-14(7-9-22)17(24)25-2)21-11-13-4-5-16(19)15(10-13)12-23/h4-5,10,14,23H,3,6-9,11-12H2,1-2H3,(H,20,21). The molecule has 1 fully saturated rings. The van der Waals surface area contributed by atoms with E-state index in [0.717, 1.165) is 44.0 Å². The number of hydrogen-bond acceptors (Lipinski definition) is 4. The van der Waals surface area contributed by atoms with Crippen LogP contribution in [0.2, 0.25) is 0 Å². The number of carbonyl (C=O) groups is 1. The van der Waals surface area contributed by atoms with Gasteiger partial charge in [0, 0.05) is 25.2 Å². The number of nitrogens with zero attached hydrogens (tertiary/aromatic N) is 2. The van der Waals surface area contributed by atoms with E-state index in [1.807, 2.05) is 6.92 Å². The molecule has 138 valence electrons. The average Bonchev–Trinajstić information content (AvgIpc) is 2.65. The Morgan fingerprint density at radius 1 is 1.44 bits per heavy atom. The van der Waals surface area contributed by atoms with Gasteiger partial charge in [-0.15, -0.1) is 0 Å². The van der Waals surface area contributed by atoms with Gasteiger partial charge in [-0.2, -0.15) is 0 Å². The van der Waals surface area contributed by atoms with Crippen molar-refractivity contribution >= 4 is 11.9 Å². The van der Waals surface area contributed by atoms with Gasteiger partial charge in [-0.1, -0.05) is 6.07 Å². The summed E-state index contributed by atoms with van der Waals surface area (Å²) in [4.78, 5) is 18.4. The number of hydrogen-bond donors (Lipinski definition) is 2. The van der Waals surface area contributed by atoms with Crippen LogP contribution in [0, 0.1) is 11.7 Å². The number of piperidine rings is 1. The van der Waals surface area contributed by atoms with Gasteiger partial charge in [0.15, 0.2) is 5.96 Å². The van der Waals surface area contributed by atoms with Crippen LogP contribution in [0.5, 0.6) is 0 Å². The fraction of sp³-hybridized carbons (Fsp3) is 0.556. The summed E-state index contributed by atoms with van der Waals surface area (Å²) in [6.07, 6.45) is 1.48. The number of rotatable bonds is 5. The van der Waals surface area contributed by atoms with Gasteiger partial charge in [-0.3, -0.25) is 4.79 Å². The summed E-state index contributed by atoms with van der Waals surface area (Å²) in [5.41, 5.74) is 1.11. The molecule has 25 heavy (non-hydrogen) atoms. The van der Waals surface area contributed by atoms with Crippen LogP contribution in [0.25, 0.3) is 0 Å². The van der Waals surface area contributed by atoms with Gasteiger partial charge in [0.25, 0.3) is 0 Å². The Morgan fingerprint density at radius 3 is 2.76 bits per heavy atom. The Balaban J connectivity index is 2.03. The molecular formula is C18H26FN3O3. The lowest BCUT2D eigenvalue weighted by Gasteiger charge is -2.33. The van der Waals surface area contributed by atoms with Crippen LogP contribution in [0.1, 0.15) is 30.9 Å². The molecule has 0 atom stereocenters. The number of methoxy groups -OCH3 is 1. The summed E-state index contributed by atoms with van der Waals surface area (Å²) in [7, 11) is 1.42. The first-order chi connectivity index (χ1) is 12.1. The van der Waals surface area contributed by atoms with E-state index in [1.54, 1.807) is 12.1 Å². The third kappa shape index (κ3) is 5.16. The maximum absolute atomic E-state index is 13.5. The summed E-state index contributed by atoms with van der Waals surface area (Å²) in [5.74, 6) is 0.172. The molecule has 1 saturated heterocycles. The molecule has 1 heterocycles. The lowest BCUT2D eigenvalue weighted by atomic mass is 9.97. The second-order valence-corrected chi connectivity index (χ2v) is 6.04. The third-order valence-corrected chi connectivity index (χ3v) is 4.36. The van der Waals surface area contributed by atoms with Gasteiger partial charge in [0.2, 0.25) is 0 Å². The van der Waals surface area contributed by atoms with E-state index in [2.05, 4.69) is 15.2 Å². The first kappa shape index (κ1) is 19.2. The van der Waals surface area contributed by atoms with Crippen LogP contribution in [-0.4, -0.2) is 48.7 Å². The first-order valence-corrected chi connectivity index (χ1v) is 8.58. The molecule has 2 N–H and O–H groups in total. The molecule has 6 nitrogen and oxygen atoms in total. The Bertz CT molecular complexity index is 614. The van der Waals surface area contributed by atoms with Gasteiger partial charge in [0.1, 0.15) is 5.82 Å². The van der Waals surface area contributed by atoms with Crippen LogP contribution < -0.4 is 5.32 Å². The normalized spacial score (nSPS) is 16.0. The Kier molecular flexibility index (Phi) is 7.18. The van der Waals surface area contributed by atoms with Crippen LogP contribution >= 0.6 is 0 Å². The molecule has 1 aromatic carbocycles. The van der Waals surface area contributed by atoms with E-state index in [1.165, 1.54) is 13.2 Å². The van der Waals surface area contributed by atoms with E-state index in [4.69, 9.17) is 9.84 Å². The minimum absolute atomic E-state index is 0.0478. The predicted octanol–water partition coefficient (Wildman–Crippen LogP) is 1.67. The fourth-order valence-electron chi connectivity index (χ4n) is 2.93. The van der Waals surface area contributed by atoms with Crippen molar-refractivity contribution in [1.82, 2.24) is 10.2 Å². The Labute approximate surface area is 147 Å². The number of aliphatic imine (C=N–C) groups is 1. The van der Waals surface area contributed by atoms with Crippen molar-refractivity contribution in [2.24, 2.45) is 10.9 Å². The molecule has 1 aliphatic heterocycles. The molecule has 2 rings (SSSR count). The zero-order chi connectivity index (χ0) is 18.2. The van der Waals surface area contributed by atoms with Crippen LogP contribution in [0.15, 0.2) is 23.2 Å². The second kappa shape index (κ2) is 9.36. The highest BCUT2D eigenvalue weighted by molar-refractivity contribution is 5.80. The largest absolute Gasteiger partial charge is 0.469 e. The van der Waals surface area contributed by atoms with E-state index in [0.29, 0.717) is 6.54 Å². The number of aliphatic hydroxyl groups excluding tert-OH is 1. The van der Waals surface area contributed by atoms with E-state index in [-0.39, 0.29) is 24.1 Å². The molecule has 0 spiro atoms. The SMILES string of the molecule is CCNC(=NCc1ccc(F)c(CO)c1)N1CCC(C(=O)OC)CC1. The van der Waals surface area contributed by atoms with Crippen molar-refractivity contribution in [3.8, 4) is 0 Å². The minimum Gasteiger partial charge on any atom is -0.469 e. The van der Waals surface area contributed by atoms with Crippen molar-refractivity contribution < 1.29 is 19.0 Å². The first-order valence-electron chi connectivity index (χ1n) is 8.58. The molecule has 0 unspecified atom stereocenters. The van der Waals surface area contributed by atoms with Crippen molar-refractivity contribution in [1.29, 1.82) is 0 Å². The quantitative estimate of drug-likeness (QED) is 0.480. The molecular weight excluding hydrogens is 325 g/mol. The number of guanidine groups is 1. The third-order valence-electron chi connectivity index (χ3n) is 4.36. The number of esters is 1. The summed E-state index contributed by atoms with van der Waals surface area (Å²) in [6.45, 7) is 4.27. The van der Waals surface area contributed by atoms with Crippen molar-refractivity contribution in [3.05, 3.63) is 35.1 Å². The molecule has 0 aliphatic carbocycles. The van der Waals surface area contributed by atoms with Crippen LogP contribution in [0.4, 0.5) is 4.39 Å². The topological polar surface area (TPSA) is 74.2 Å². The lowest BCUT2D eigenvalue weighted by molar-refractivity contribution is -0.146. The van der Waals surface area contributed by atoms with E-state index in [9.17, 15) is 9.18 Å². The number of aliphatic hydroxyl groups is 1. The molecule has 0 saturated carbocycles. The molecule has 1 aliphatic rings. The Hall–Kier alpha value is -2.15. The molecule has 0 amide bonds. The van der Waals surface area contributed by atoms with Crippen molar-refractivity contribution in [2.45, 2.75) is 32.9 Å². The van der Waals surface area contributed by atoms with Crippen LogP contribution in [0.3, 0.4) is 0 Å². The number of benzene rings is 1. The number of ether oxygens (including phenoxy) is 1. The zero-order valence-electron chi connectivity index (χ0n) is 14.8.